The molecule has 0 saturated carbocycles. The Morgan fingerprint density at radius 1 is 1.32 bits per heavy atom. The van der Waals surface area contributed by atoms with Gasteiger partial charge in [-0.25, -0.2) is 0 Å². The summed E-state index contributed by atoms with van der Waals surface area (Å²) in [6, 6.07) is 7.36. The van der Waals surface area contributed by atoms with Crippen LogP contribution in [0.3, 0.4) is 0 Å². The van der Waals surface area contributed by atoms with E-state index in [4.69, 9.17) is 0 Å². The molecular formula is C12H13BrF3NO2. The van der Waals surface area contributed by atoms with Gasteiger partial charge in [0.1, 0.15) is 6.61 Å². The van der Waals surface area contributed by atoms with E-state index in [9.17, 15) is 18.0 Å². The molecule has 0 spiro atoms. The Kier molecular flexibility index (Phi) is 6.30. The predicted molar refractivity (Wildman–Crippen MR) is 67.5 cm³/mol. The van der Waals surface area contributed by atoms with E-state index in [0.29, 0.717) is 6.54 Å². The molecule has 3 nitrogen and oxygen atoms in total. The van der Waals surface area contributed by atoms with Crippen molar-refractivity contribution in [3.8, 4) is 0 Å². The molecule has 0 fully saturated rings. The maximum Gasteiger partial charge on any atom is 0.411 e. The van der Waals surface area contributed by atoms with Crippen molar-refractivity contribution in [1.29, 1.82) is 0 Å². The van der Waals surface area contributed by atoms with Crippen LogP contribution in [0.2, 0.25) is 0 Å². The number of carbonyl (C=O) groups is 1. The van der Waals surface area contributed by atoms with Crippen LogP contribution in [0.5, 0.6) is 0 Å². The molecule has 0 unspecified atom stereocenters. The minimum Gasteiger partial charge on any atom is -0.372 e. The number of amides is 1. The Balaban J connectivity index is 2.20. The van der Waals surface area contributed by atoms with Gasteiger partial charge in [0, 0.05) is 17.4 Å². The van der Waals surface area contributed by atoms with Crippen molar-refractivity contribution in [2.45, 2.75) is 19.1 Å². The minimum atomic E-state index is -4.36. The third kappa shape index (κ3) is 7.17. The van der Waals surface area contributed by atoms with E-state index in [1.165, 1.54) is 0 Å². The van der Waals surface area contributed by atoms with E-state index in [1.807, 2.05) is 24.3 Å². The molecule has 0 aliphatic rings. The van der Waals surface area contributed by atoms with E-state index < -0.39 is 12.8 Å². The average molecular weight is 340 g/mol. The molecular weight excluding hydrogens is 327 g/mol. The summed E-state index contributed by atoms with van der Waals surface area (Å²) in [6.07, 6.45) is -4.45. The molecule has 1 aromatic rings. The molecule has 7 heteroatoms. The number of hydrogen-bond donors (Lipinski definition) is 1. The highest BCUT2D eigenvalue weighted by Gasteiger charge is 2.27. The van der Waals surface area contributed by atoms with Crippen LogP contribution in [0.15, 0.2) is 28.7 Å². The Bertz CT molecular complexity index is 424. The highest BCUT2D eigenvalue weighted by molar-refractivity contribution is 9.10. The molecule has 0 bridgehead atoms. The monoisotopic (exact) mass is 339 g/mol. The Labute approximate surface area is 117 Å². The first-order valence-corrected chi connectivity index (χ1v) is 6.32. The molecule has 0 aliphatic heterocycles. The summed E-state index contributed by atoms with van der Waals surface area (Å²) < 4.78 is 40.5. The van der Waals surface area contributed by atoms with Gasteiger partial charge in [-0.3, -0.25) is 4.79 Å². The fraction of sp³-hybridized carbons (Fsp3) is 0.417. The fourth-order valence-electron chi connectivity index (χ4n) is 1.28. The SMILES string of the molecule is O=C(CCOCC(F)(F)F)NCc1ccccc1Br. The second-order valence-electron chi connectivity index (χ2n) is 3.79. The highest BCUT2D eigenvalue weighted by atomic mass is 79.9. The molecule has 0 atom stereocenters. The molecule has 0 aliphatic carbocycles. The average Bonchev–Trinajstić information content (AvgIpc) is 2.32. The maximum atomic E-state index is 11.8. The van der Waals surface area contributed by atoms with Crippen molar-refractivity contribution in [2.75, 3.05) is 13.2 Å². The van der Waals surface area contributed by atoms with Gasteiger partial charge in [-0.05, 0) is 11.6 Å². The first kappa shape index (κ1) is 16.0. The zero-order valence-corrected chi connectivity index (χ0v) is 11.6. The lowest BCUT2D eigenvalue weighted by Crippen LogP contribution is -2.25. The molecule has 19 heavy (non-hydrogen) atoms. The topological polar surface area (TPSA) is 38.3 Å². The number of nitrogens with one attached hydrogen (secondary N) is 1. The van der Waals surface area contributed by atoms with Gasteiger partial charge in [0.05, 0.1) is 6.61 Å². The molecule has 0 heterocycles. The van der Waals surface area contributed by atoms with Crippen molar-refractivity contribution in [3.05, 3.63) is 34.3 Å². The van der Waals surface area contributed by atoms with Gasteiger partial charge >= 0.3 is 6.18 Å². The zero-order chi connectivity index (χ0) is 14.3. The summed E-state index contributed by atoms with van der Waals surface area (Å²) in [5.74, 6) is -0.349. The van der Waals surface area contributed by atoms with Crippen molar-refractivity contribution in [1.82, 2.24) is 5.32 Å². The van der Waals surface area contributed by atoms with Crippen LogP contribution in [0, 0.1) is 0 Å². The lowest BCUT2D eigenvalue weighted by molar-refractivity contribution is -0.174. The molecule has 0 aromatic heterocycles. The van der Waals surface area contributed by atoms with Crippen LogP contribution in [0.4, 0.5) is 13.2 Å². The molecule has 1 N–H and O–H groups in total. The van der Waals surface area contributed by atoms with Crippen molar-refractivity contribution >= 4 is 21.8 Å². The molecule has 1 rings (SSSR count). The first-order chi connectivity index (χ1) is 8.88. The van der Waals surface area contributed by atoms with Gasteiger partial charge in [-0.2, -0.15) is 13.2 Å². The number of hydrogen-bond acceptors (Lipinski definition) is 2. The second-order valence-corrected chi connectivity index (χ2v) is 4.64. The molecule has 0 saturated heterocycles. The van der Waals surface area contributed by atoms with E-state index in [2.05, 4.69) is 26.0 Å². The number of ether oxygens (including phenoxy) is 1. The Morgan fingerprint density at radius 3 is 2.63 bits per heavy atom. The number of rotatable bonds is 6. The van der Waals surface area contributed by atoms with Crippen molar-refractivity contribution in [3.63, 3.8) is 0 Å². The van der Waals surface area contributed by atoms with E-state index in [-0.39, 0.29) is 18.9 Å². The molecule has 0 radical (unpaired) electrons. The third-order valence-electron chi connectivity index (χ3n) is 2.17. The van der Waals surface area contributed by atoms with Gasteiger partial charge in [0.2, 0.25) is 5.91 Å². The number of benzene rings is 1. The number of carbonyl (C=O) groups excluding carboxylic acids is 1. The van der Waals surface area contributed by atoms with Gasteiger partial charge in [-0.1, -0.05) is 34.1 Å². The predicted octanol–water partition coefficient (Wildman–Crippen LogP) is 3.03. The summed E-state index contributed by atoms with van der Waals surface area (Å²) in [5, 5.41) is 2.61. The zero-order valence-electron chi connectivity index (χ0n) is 9.97. The van der Waals surface area contributed by atoms with Crippen LogP contribution in [0.1, 0.15) is 12.0 Å². The Morgan fingerprint density at radius 2 is 2.00 bits per heavy atom. The third-order valence-corrected chi connectivity index (χ3v) is 2.95. The summed E-state index contributed by atoms with van der Waals surface area (Å²) >= 11 is 3.33. The lowest BCUT2D eigenvalue weighted by Gasteiger charge is -2.09. The van der Waals surface area contributed by atoms with Gasteiger partial charge in [-0.15, -0.1) is 0 Å². The quantitative estimate of drug-likeness (QED) is 0.809. The van der Waals surface area contributed by atoms with Crippen molar-refractivity contribution < 1.29 is 22.7 Å². The maximum absolute atomic E-state index is 11.8. The smallest absolute Gasteiger partial charge is 0.372 e. The standard InChI is InChI=1S/C12H13BrF3NO2/c13-10-4-2-1-3-9(10)7-17-11(18)5-6-19-8-12(14,15)16/h1-4H,5-8H2,(H,17,18). The first-order valence-electron chi connectivity index (χ1n) is 5.53. The van der Waals surface area contributed by atoms with Crippen LogP contribution in [-0.2, 0) is 16.1 Å². The molecule has 1 aromatic carbocycles. The van der Waals surface area contributed by atoms with E-state index >= 15 is 0 Å². The fourth-order valence-corrected chi connectivity index (χ4v) is 1.70. The van der Waals surface area contributed by atoms with Gasteiger partial charge < -0.3 is 10.1 Å². The summed E-state index contributed by atoms with van der Waals surface area (Å²) in [4.78, 5) is 11.4. The highest BCUT2D eigenvalue weighted by Crippen LogP contribution is 2.15. The second kappa shape index (κ2) is 7.49. The van der Waals surface area contributed by atoms with E-state index in [0.717, 1.165) is 10.0 Å². The van der Waals surface area contributed by atoms with E-state index in [1.54, 1.807) is 0 Å². The van der Waals surface area contributed by atoms with Crippen molar-refractivity contribution in [2.24, 2.45) is 0 Å². The van der Waals surface area contributed by atoms with Crippen LogP contribution in [-0.4, -0.2) is 25.3 Å². The minimum absolute atomic E-state index is 0.0967. The molecule has 106 valence electrons. The van der Waals surface area contributed by atoms with Gasteiger partial charge in [0.25, 0.3) is 0 Å². The van der Waals surface area contributed by atoms with Crippen LogP contribution < -0.4 is 5.32 Å². The summed E-state index contributed by atoms with van der Waals surface area (Å²) in [6.45, 7) is -1.26. The van der Waals surface area contributed by atoms with Gasteiger partial charge in [0.15, 0.2) is 0 Å². The Hall–Kier alpha value is -1.08. The largest absolute Gasteiger partial charge is 0.411 e. The number of halogens is 4. The normalized spacial score (nSPS) is 11.4. The number of alkyl halides is 3. The molecule has 1 amide bonds. The summed E-state index contributed by atoms with van der Waals surface area (Å²) in [7, 11) is 0. The van der Waals surface area contributed by atoms with Crippen LogP contribution >= 0.6 is 15.9 Å². The lowest BCUT2D eigenvalue weighted by atomic mass is 10.2. The summed E-state index contributed by atoms with van der Waals surface area (Å²) in [5.41, 5.74) is 0.895. The van der Waals surface area contributed by atoms with Crippen LogP contribution in [0.25, 0.3) is 0 Å².